The Bertz CT molecular complexity index is 197. The summed E-state index contributed by atoms with van der Waals surface area (Å²) >= 11 is 0. The molecule has 0 aliphatic carbocycles. The first kappa shape index (κ1) is 15.2. The van der Waals surface area contributed by atoms with Crippen LogP contribution in [0.25, 0.3) is 0 Å². The smallest absolute Gasteiger partial charge is 0.140 e. The van der Waals surface area contributed by atoms with E-state index in [-0.39, 0.29) is 5.84 Å². The summed E-state index contributed by atoms with van der Waals surface area (Å²) < 4.78 is 5.05. The highest BCUT2D eigenvalue weighted by atomic mass is 16.5. The van der Waals surface area contributed by atoms with Gasteiger partial charge in [0.25, 0.3) is 0 Å². The highest BCUT2D eigenvalue weighted by Gasteiger charge is 2.06. The van der Waals surface area contributed by atoms with Crippen LogP contribution in [0, 0.1) is 0 Å². The van der Waals surface area contributed by atoms with Crippen molar-refractivity contribution in [1.82, 2.24) is 9.80 Å². The van der Waals surface area contributed by atoms with Crippen molar-refractivity contribution < 1.29 is 9.94 Å². The summed E-state index contributed by atoms with van der Waals surface area (Å²) in [7, 11) is 5.77. The van der Waals surface area contributed by atoms with Crippen molar-refractivity contribution in [3.05, 3.63) is 0 Å². The van der Waals surface area contributed by atoms with E-state index in [1.807, 2.05) is 14.1 Å². The third kappa shape index (κ3) is 8.46. The van der Waals surface area contributed by atoms with E-state index in [9.17, 15) is 0 Å². The third-order valence-electron chi connectivity index (χ3n) is 2.29. The third-order valence-corrected chi connectivity index (χ3v) is 2.29. The highest BCUT2D eigenvalue weighted by molar-refractivity contribution is 5.79. The Morgan fingerprint density at radius 1 is 1.25 bits per heavy atom. The summed E-state index contributed by atoms with van der Waals surface area (Å²) in [5, 5.41) is 11.4. The van der Waals surface area contributed by atoms with E-state index in [0.717, 1.165) is 26.2 Å². The largest absolute Gasteiger partial charge is 0.409 e. The number of amidine groups is 1. The second kappa shape index (κ2) is 9.38. The fourth-order valence-electron chi connectivity index (χ4n) is 1.22. The van der Waals surface area contributed by atoms with E-state index in [1.54, 1.807) is 7.11 Å². The molecule has 3 N–H and O–H groups in total. The van der Waals surface area contributed by atoms with Crippen LogP contribution in [-0.4, -0.2) is 74.8 Å². The molecule has 0 saturated carbocycles. The molecule has 96 valence electrons. The zero-order valence-electron chi connectivity index (χ0n) is 10.5. The summed E-state index contributed by atoms with van der Waals surface area (Å²) in [6.45, 7) is 4.29. The van der Waals surface area contributed by atoms with Gasteiger partial charge in [-0.3, -0.25) is 4.90 Å². The minimum absolute atomic E-state index is 0.271. The van der Waals surface area contributed by atoms with Crippen LogP contribution in [0.2, 0.25) is 0 Å². The molecule has 0 radical (unpaired) electrons. The number of hydrogen-bond donors (Lipinski definition) is 2. The molecule has 0 aromatic carbocycles. The molecule has 0 aliphatic rings. The average Bonchev–Trinajstić information content (AvgIpc) is 2.27. The molecule has 0 aromatic rings. The zero-order chi connectivity index (χ0) is 12.4. The number of rotatable bonds is 9. The summed E-state index contributed by atoms with van der Waals surface area (Å²) in [5.74, 6) is 0.271. The molecule has 0 atom stereocenters. The van der Waals surface area contributed by atoms with Crippen molar-refractivity contribution >= 4 is 5.84 Å². The standard InChI is InChI=1S/C10H24N4O2/c1-13(2)6-7-14(8-9-16-3)5-4-10(11)12-15/h15H,4-9H2,1-3H3,(H2,11,12). The highest BCUT2D eigenvalue weighted by Crippen LogP contribution is 1.93. The summed E-state index contributed by atoms with van der Waals surface area (Å²) in [4.78, 5) is 4.37. The summed E-state index contributed by atoms with van der Waals surface area (Å²) in [5.41, 5.74) is 5.44. The number of methoxy groups -OCH3 is 1. The van der Waals surface area contributed by atoms with Crippen molar-refractivity contribution in [3.8, 4) is 0 Å². The quantitative estimate of drug-likeness (QED) is 0.246. The van der Waals surface area contributed by atoms with E-state index in [2.05, 4.69) is 15.0 Å². The summed E-state index contributed by atoms with van der Waals surface area (Å²) in [6.07, 6.45) is 0.577. The predicted molar refractivity (Wildman–Crippen MR) is 64.9 cm³/mol. The van der Waals surface area contributed by atoms with Crippen molar-refractivity contribution in [2.75, 3.05) is 54.0 Å². The number of nitrogens with two attached hydrogens (primary N) is 1. The maximum Gasteiger partial charge on any atom is 0.140 e. The van der Waals surface area contributed by atoms with Crippen LogP contribution < -0.4 is 5.73 Å². The van der Waals surface area contributed by atoms with Crippen molar-refractivity contribution in [3.63, 3.8) is 0 Å². The van der Waals surface area contributed by atoms with Gasteiger partial charge >= 0.3 is 0 Å². The van der Waals surface area contributed by atoms with Gasteiger partial charge in [0.2, 0.25) is 0 Å². The summed E-state index contributed by atoms with van der Waals surface area (Å²) in [6, 6.07) is 0. The van der Waals surface area contributed by atoms with Crippen LogP contribution in [0.4, 0.5) is 0 Å². The van der Waals surface area contributed by atoms with Crippen molar-refractivity contribution in [1.29, 1.82) is 0 Å². The van der Waals surface area contributed by atoms with Gasteiger partial charge in [-0.15, -0.1) is 0 Å². The lowest BCUT2D eigenvalue weighted by molar-refractivity contribution is 0.143. The van der Waals surface area contributed by atoms with Gasteiger partial charge in [0.05, 0.1) is 6.61 Å². The molecule has 0 saturated heterocycles. The van der Waals surface area contributed by atoms with Gasteiger partial charge in [-0.25, -0.2) is 0 Å². The number of nitrogens with zero attached hydrogens (tertiary/aromatic N) is 3. The second-order valence-electron chi connectivity index (χ2n) is 3.98. The maximum absolute atomic E-state index is 8.45. The fourth-order valence-corrected chi connectivity index (χ4v) is 1.22. The molecule has 0 spiro atoms. The van der Waals surface area contributed by atoms with Gasteiger partial charge in [-0.1, -0.05) is 5.16 Å². The van der Waals surface area contributed by atoms with E-state index in [1.165, 1.54) is 0 Å². The molecule has 0 heterocycles. The molecule has 0 unspecified atom stereocenters. The number of hydrogen-bond acceptors (Lipinski definition) is 5. The second-order valence-corrected chi connectivity index (χ2v) is 3.98. The molecule has 6 nitrogen and oxygen atoms in total. The Balaban J connectivity index is 3.89. The van der Waals surface area contributed by atoms with Crippen LogP contribution in [0.1, 0.15) is 6.42 Å². The maximum atomic E-state index is 8.45. The van der Waals surface area contributed by atoms with Crippen molar-refractivity contribution in [2.24, 2.45) is 10.9 Å². The van der Waals surface area contributed by atoms with Crippen LogP contribution >= 0.6 is 0 Å². The molecule has 0 aromatic heterocycles. The average molecular weight is 232 g/mol. The topological polar surface area (TPSA) is 74.3 Å². The molecule has 0 fully saturated rings. The normalized spacial score (nSPS) is 12.7. The molecule has 16 heavy (non-hydrogen) atoms. The molecular formula is C10H24N4O2. The van der Waals surface area contributed by atoms with E-state index in [4.69, 9.17) is 15.7 Å². The number of oxime groups is 1. The first-order valence-corrected chi connectivity index (χ1v) is 5.42. The minimum atomic E-state index is 0.271. The predicted octanol–water partition coefficient (Wildman–Crippen LogP) is -0.367. The Morgan fingerprint density at radius 2 is 1.94 bits per heavy atom. The molecule has 0 amide bonds. The Labute approximate surface area is 97.6 Å². The van der Waals surface area contributed by atoms with Crippen molar-refractivity contribution in [2.45, 2.75) is 6.42 Å². The van der Waals surface area contributed by atoms with Crippen LogP contribution in [-0.2, 0) is 4.74 Å². The zero-order valence-corrected chi connectivity index (χ0v) is 10.5. The Morgan fingerprint density at radius 3 is 2.44 bits per heavy atom. The van der Waals surface area contributed by atoms with Gasteiger partial charge in [0, 0.05) is 39.7 Å². The fraction of sp³-hybridized carbons (Fsp3) is 0.900. The number of likely N-dealkylation sites (N-methyl/N-ethyl adjacent to an activating group) is 1. The molecule has 0 bridgehead atoms. The van der Waals surface area contributed by atoms with Gasteiger partial charge in [0.15, 0.2) is 0 Å². The first-order chi connectivity index (χ1) is 7.60. The monoisotopic (exact) mass is 232 g/mol. The number of ether oxygens (including phenoxy) is 1. The SMILES string of the molecule is COCCN(CCC(N)=NO)CCN(C)C. The Kier molecular flexibility index (Phi) is 8.88. The van der Waals surface area contributed by atoms with Crippen LogP contribution in [0.5, 0.6) is 0 Å². The van der Waals surface area contributed by atoms with E-state index in [0.29, 0.717) is 13.0 Å². The molecule has 0 rings (SSSR count). The Hall–Kier alpha value is -0.850. The molecule has 6 heteroatoms. The van der Waals surface area contributed by atoms with Gasteiger partial charge in [0.1, 0.15) is 5.84 Å². The molecule has 0 aliphatic heterocycles. The lowest BCUT2D eigenvalue weighted by Crippen LogP contribution is -2.36. The van der Waals surface area contributed by atoms with Gasteiger partial charge in [-0.2, -0.15) is 0 Å². The molecular weight excluding hydrogens is 208 g/mol. The van der Waals surface area contributed by atoms with Gasteiger partial charge < -0.3 is 20.6 Å². The lowest BCUT2D eigenvalue weighted by Gasteiger charge is -2.23. The van der Waals surface area contributed by atoms with E-state index < -0.39 is 0 Å². The van der Waals surface area contributed by atoms with E-state index >= 15 is 0 Å². The van der Waals surface area contributed by atoms with Crippen LogP contribution in [0.3, 0.4) is 0 Å². The van der Waals surface area contributed by atoms with Crippen LogP contribution in [0.15, 0.2) is 5.16 Å². The lowest BCUT2D eigenvalue weighted by atomic mass is 10.3. The first-order valence-electron chi connectivity index (χ1n) is 5.42. The minimum Gasteiger partial charge on any atom is -0.409 e. The van der Waals surface area contributed by atoms with Gasteiger partial charge in [-0.05, 0) is 14.1 Å².